The second-order valence-electron chi connectivity index (χ2n) is 12.5. The topological polar surface area (TPSA) is 283 Å². The summed E-state index contributed by atoms with van der Waals surface area (Å²) in [6.07, 6.45) is 0. The smallest absolute Gasteiger partial charge is 0.342 e. The van der Waals surface area contributed by atoms with Gasteiger partial charge in [-0.2, -0.15) is 16.8 Å². The second-order valence-corrected chi connectivity index (χ2v) is 18.6. The number of anilines is 4. The third-order valence-corrected chi connectivity index (χ3v) is 13.0. The molecule has 292 valence electrons. The van der Waals surface area contributed by atoms with Gasteiger partial charge in [-0.25, -0.2) is 31.1 Å². The van der Waals surface area contributed by atoms with E-state index in [1.807, 2.05) is 0 Å². The van der Waals surface area contributed by atoms with Crippen molar-refractivity contribution >= 4 is 90.6 Å². The molecule has 17 nitrogen and oxygen atoms in total. The average molecular weight is 843 g/mol. The molecule has 6 rings (SSSR count). The van der Waals surface area contributed by atoms with Gasteiger partial charge in [-0.15, -0.1) is 0 Å². The molecule has 6 aromatic rings. The van der Waals surface area contributed by atoms with E-state index in [-0.39, 0.29) is 64.4 Å². The zero-order valence-electron chi connectivity index (χ0n) is 28.8. The maximum atomic E-state index is 13.2. The van der Waals surface area contributed by atoms with Gasteiger partial charge in [0.1, 0.15) is 11.5 Å². The Balaban J connectivity index is 1.14. The number of aryl methyl sites for hydroxylation is 2. The Morgan fingerprint density at radius 1 is 0.482 bits per heavy atom. The molecule has 0 saturated carbocycles. The zero-order valence-corrected chi connectivity index (χ0v) is 32.1. The number of rotatable bonds is 10. The second kappa shape index (κ2) is 14.3. The van der Waals surface area contributed by atoms with Crippen LogP contribution in [0.2, 0.25) is 0 Å². The lowest BCUT2D eigenvalue weighted by molar-refractivity contribution is 0.250. The van der Waals surface area contributed by atoms with E-state index < -0.39 is 46.3 Å². The van der Waals surface area contributed by atoms with Crippen molar-refractivity contribution in [3.8, 4) is 11.5 Å². The average Bonchev–Trinajstić information content (AvgIpc) is 3.06. The Morgan fingerprint density at radius 2 is 0.857 bits per heavy atom. The highest BCUT2D eigenvalue weighted by Gasteiger charge is 2.26. The Hall–Kier alpha value is -5.97. The van der Waals surface area contributed by atoms with Gasteiger partial charge >= 0.3 is 6.03 Å². The standard InChI is InChI=1S/C35H30N4O13S4/c1-19-11-23(36-25-13-21-15-27(55(47,48)49)5-7-29(21)31(40)17-25)3-9-33(19)53(43,44)38-35(42)39-54(45,46)34-10-4-24(12-20(34)2)37-26-14-22-16-28(56(50,51)52)6-8-30(22)32(41)18-26/h3-18,36-37,40-41H,1-2H3,(H2,38,39,42)(H,47,48,49)(H,50,51,52). The lowest BCUT2D eigenvalue weighted by Gasteiger charge is -2.15. The van der Waals surface area contributed by atoms with Gasteiger partial charge in [0.15, 0.2) is 0 Å². The number of urea groups is 1. The Labute approximate surface area is 320 Å². The maximum absolute atomic E-state index is 13.2. The van der Waals surface area contributed by atoms with Gasteiger partial charge in [-0.3, -0.25) is 9.11 Å². The van der Waals surface area contributed by atoms with Crippen LogP contribution >= 0.6 is 0 Å². The molecular formula is C35H30N4O13S4. The van der Waals surface area contributed by atoms with Gasteiger partial charge < -0.3 is 20.8 Å². The van der Waals surface area contributed by atoms with E-state index in [1.165, 1.54) is 74.5 Å². The molecule has 0 bridgehead atoms. The SMILES string of the molecule is Cc1cc(Nc2cc(O)c3ccc(S(=O)(=O)O)cc3c2)ccc1S(=O)(=O)NC(=O)NS(=O)(=O)c1ccc(Nc2cc(O)c3ccc(S(=O)(=O)O)cc3c2)cc1C. The number of phenolic OH excluding ortho intramolecular Hbond substituents is 2. The summed E-state index contributed by atoms with van der Waals surface area (Å²) in [5.74, 6) is -0.418. The summed E-state index contributed by atoms with van der Waals surface area (Å²) in [5, 5.41) is 28.0. The van der Waals surface area contributed by atoms with Gasteiger partial charge in [-0.05, 0) is 121 Å². The fourth-order valence-electron chi connectivity index (χ4n) is 5.89. The summed E-state index contributed by atoms with van der Waals surface area (Å²) < 4.78 is 121. The summed E-state index contributed by atoms with van der Waals surface area (Å²) in [7, 11) is -18.3. The summed E-state index contributed by atoms with van der Waals surface area (Å²) in [4.78, 5) is 11.2. The largest absolute Gasteiger partial charge is 0.507 e. The molecule has 2 amide bonds. The van der Waals surface area contributed by atoms with E-state index in [9.17, 15) is 57.8 Å². The van der Waals surface area contributed by atoms with Crippen molar-refractivity contribution in [1.29, 1.82) is 0 Å². The van der Waals surface area contributed by atoms with Crippen molar-refractivity contribution in [3.05, 3.63) is 108 Å². The van der Waals surface area contributed by atoms with Gasteiger partial charge in [0.05, 0.1) is 19.6 Å². The number of fused-ring (bicyclic) bond motifs is 2. The number of sulfonamides is 2. The Kier molecular flexibility index (Phi) is 10.1. The molecule has 0 heterocycles. The lowest BCUT2D eigenvalue weighted by atomic mass is 10.1. The number of carbonyl (C=O) groups excluding carboxylic acids is 1. The monoisotopic (exact) mass is 842 g/mol. The summed E-state index contributed by atoms with van der Waals surface area (Å²) >= 11 is 0. The van der Waals surface area contributed by atoms with E-state index in [0.717, 1.165) is 36.4 Å². The van der Waals surface area contributed by atoms with Crippen LogP contribution < -0.4 is 20.1 Å². The first-order valence-corrected chi connectivity index (χ1v) is 21.7. The molecule has 0 atom stereocenters. The van der Waals surface area contributed by atoms with Crippen molar-refractivity contribution in [2.75, 3.05) is 10.6 Å². The highest BCUT2D eigenvalue weighted by Crippen LogP contribution is 2.34. The molecule has 0 radical (unpaired) electrons. The molecule has 0 aliphatic rings. The first kappa shape index (κ1) is 39.7. The van der Waals surface area contributed by atoms with Crippen molar-refractivity contribution in [1.82, 2.24) is 9.44 Å². The van der Waals surface area contributed by atoms with Crippen molar-refractivity contribution < 1.29 is 57.8 Å². The molecule has 0 saturated heterocycles. The van der Waals surface area contributed by atoms with Crippen molar-refractivity contribution in [2.45, 2.75) is 33.4 Å². The van der Waals surface area contributed by atoms with Crippen LogP contribution in [0.3, 0.4) is 0 Å². The third kappa shape index (κ3) is 8.46. The number of benzene rings is 6. The highest BCUT2D eigenvalue weighted by molar-refractivity contribution is 7.91. The maximum Gasteiger partial charge on any atom is 0.342 e. The van der Waals surface area contributed by atoms with E-state index in [1.54, 1.807) is 9.44 Å². The minimum absolute atomic E-state index is 0.134. The molecule has 6 aromatic carbocycles. The van der Waals surface area contributed by atoms with Crippen LogP contribution in [0.4, 0.5) is 27.5 Å². The molecule has 56 heavy (non-hydrogen) atoms. The zero-order chi connectivity index (χ0) is 41.0. The summed E-state index contributed by atoms with van der Waals surface area (Å²) in [6, 6.07) is 19.1. The van der Waals surface area contributed by atoms with Crippen LogP contribution in [0, 0.1) is 13.8 Å². The minimum Gasteiger partial charge on any atom is -0.507 e. The summed E-state index contributed by atoms with van der Waals surface area (Å²) in [5.41, 5.74) is 1.49. The molecule has 0 fully saturated rings. The van der Waals surface area contributed by atoms with Crippen molar-refractivity contribution in [3.63, 3.8) is 0 Å². The molecule has 0 spiro atoms. The third-order valence-electron chi connectivity index (χ3n) is 8.36. The number of aromatic hydroxyl groups is 2. The normalized spacial score (nSPS) is 12.4. The number of hydrogen-bond acceptors (Lipinski definition) is 13. The number of hydrogen-bond donors (Lipinski definition) is 8. The predicted molar refractivity (Wildman–Crippen MR) is 206 cm³/mol. The summed E-state index contributed by atoms with van der Waals surface area (Å²) in [6.45, 7) is 2.83. The van der Waals surface area contributed by atoms with E-state index in [4.69, 9.17) is 0 Å². The molecule has 0 unspecified atom stereocenters. The Bertz CT molecular complexity index is 2880. The van der Waals surface area contributed by atoms with Crippen LogP contribution in [0.25, 0.3) is 21.5 Å². The first-order valence-electron chi connectivity index (χ1n) is 15.8. The van der Waals surface area contributed by atoms with Gasteiger partial charge in [0, 0.05) is 45.7 Å². The van der Waals surface area contributed by atoms with Crippen molar-refractivity contribution in [2.24, 2.45) is 0 Å². The van der Waals surface area contributed by atoms with Gasteiger partial charge in [0.25, 0.3) is 40.3 Å². The fourth-order valence-corrected chi connectivity index (χ4v) is 9.25. The fraction of sp³-hybridized carbons (Fsp3) is 0.0571. The molecule has 21 heteroatoms. The number of phenols is 2. The number of nitrogens with one attached hydrogen (secondary N) is 4. The molecule has 0 aliphatic heterocycles. The molecule has 0 aliphatic carbocycles. The Morgan fingerprint density at radius 3 is 1.20 bits per heavy atom. The lowest BCUT2D eigenvalue weighted by Crippen LogP contribution is -2.42. The van der Waals surface area contributed by atoms with Crippen LogP contribution in [0.5, 0.6) is 11.5 Å². The number of carbonyl (C=O) groups is 1. The van der Waals surface area contributed by atoms with Crippen LogP contribution in [-0.4, -0.2) is 59.0 Å². The van der Waals surface area contributed by atoms with Gasteiger partial charge in [0.2, 0.25) is 0 Å². The van der Waals surface area contributed by atoms with Crippen LogP contribution in [-0.2, 0) is 40.3 Å². The van der Waals surface area contributed by atoms with Crippen LogP contribution in [0.15, 0.2) is 117 Å². The van der Waals surface area contributed by atoms with E-state index in [2.05, 4.69) is 10.6 Å². The molecule has 0 aromatic heterocycles. The highest BCUT2D eigenvalue weighted by atomic mass is 32.2. The van der Waals surface area contributed by atoms with Crippen LogP contribution in [0.1, 0.15) is 11.1 Å². The van der Waals surface area contributed by atoms with Gasteiger partial charge in [-0.1, -0.05) is 0 Å². The predicted octanol–water partition coefficient (Wildman–Crippen LogP) is 5.38. The quantitative estimate of drug-likeness (QED) is 0.0804. The van der Waals surface area contributed by atoms with E-state index >= 15 is 0 Å². The molecular weight excluding hydrogens is 813 g/mol. The van der Waals surface area contributed by atoms with E-state index in [0.29, 0.717) is 22.1 Å². The minimum atomic E-state index is -4.62. The number of amides is 2. The first-order chi connectivity index (χ1) is 26.0. The molecule has 8 N–H and O–H groups in total.